The Labute approximate surface area is 207 Å². The molecule has 3 aromatic rings. The Hall–Kier alpha value is -3.61. The molecule has 0 aliphatic rings. The van der Waals surface area contributed by atoms with Crippen molar-refractivity contribution in [3.05, 3.63) is 43.0 Å². The molecule has 0 saturated carbocycles. The van der Waals surface area contributed by atoms with Gasteiger partial charge in [-0.25, -0.2) is 4.79 Å². The average Bonchev–Trinajstić information content (AvgIpc) is 2.83. The molecule has 0 fully saturated rings. The number of benzene rings is 3. The van der Waals surface area contributed by atoms with Crippen molar-refractivity contribution in [3.8, 4) is 23.0 Å². The summed E-state index contributed by atoms with van der Waals surface area (Å²) in [6.45, 7) is 9.85. The highest BCUT2D eigenvalue weighted by Crippen LogP contribution is 2.44. The molecular formula is C28H35NO6. The predicted octanol–water partition coefficient (Wildman–Crippen LogP) is 6.74. The molecule has 0 N–H and O–H groups in total. The molecule has 0 aliphatic carbocycles. The summed E-state index contributed by atoms with van der Waals surface area (Å²) in [5.74, 6) is 2.36. The molecule has 0 unspecified atom stereocenters. The summed E-state index contributed by atoms with van der Waals surface area (Å²) in [5.41, 5.74) is 0.0664. The zero-order chi connectivity index (χ0) is 25.8. The Kier molecular flexibility index (Phi) is 7.99. The lowest BCUT2D eigenvalue weighted by Gasteiger charge is -2.29. The molecule has 7 nitrogen and oxygen atoms in total. The molecule has 3 aromatic carbocycles. The van der Waals surface area contributed by atoms with E-state index in [0.29, 0.717) is 35.2 Å². The molecule has 0 heterocycles. The summed E-state index contributed by atoms with van der Waals surface area (Å²) >= 11 is 0. The summed E-state index contributed by atoms with van der Waals surface area (Å²) < 4.78 is 28.1. The van der Waals surface area contributed by atoms with E-state index in [1.54, 1.807) is 33.3 Å². The quantitative estimate of drug-likeness (QED) is 0.192. The van der Waals surface area contributed by atoms with Crippen LogP contribution in [-0.2, 0) is 4.74 Å². The molecule has 0 radical (unpaired) electrons. The second kappa shape index (κ2) is 10.8. The van der Waals surface area contributed by atoms with Crippen molar-refractivity contribution in [1.82, 2.24) is 0 Å². The van der Waals surface area contributed by atoms with Crippen LogP contribution in [0.25, 0.3) is 21.5 Å². The Bertz CT molecular complexity index is 1230. The van der Waals surface area contributed by atoms with Crippen molar-refractivity contribution in [2.45, 2.75) is 39.2 Å². The first kappa shape index (κ1) is 26.0. The van der Waals surface area contributed by atoms with Crippen LogP contribution in [0.2, 0.25) is 0 Å². The highest BCUT2D eigenvalue weighted by atomic mass is 16.6. The van der Waals surface area contributed by atoms with E-state index >= 15 is 0 Å². The van der Waals surface area contributed by atoms with E-state index in [-0.39, 0.29) is 0 Å². The van der Waals surface area contributed by atoms with Crippen LogP contribution in [-0.4, -0.2) is 46.7 Å². The third kappa shape index (κ3) is 5.56. The van der Waals surface area contributed by atoms with Gasteiger partial charge in [-0.15, -0.1) is 6.58 Å². The SMILES string of the molecule is C=CCCCN(C(=O)OC(C)(C)C)c1cc2cc(OC)c(OC)cc2c2cc(OC)c(OC)cc12. The van der Waals surface area contributed by atoms with E-state index in [2.05, 4.69) is 6.58 Å². The number of rotatable bonds is 9. The van der Waals surface area contributed by atoms with Gasteiger partial charge in [0.1, 0.15) is 5.60 Å². The monoisotopic (exact) mass is 481 g/mol. The van der Waals surface area contributed by atoms with Crippen molar-refractivity contribution < 1.29 is 28.5 Å². The third-order valence-electron chi connectivity index (χ3n) is 5.63. The largest absolute Gasteiger partial charge is 0.493 e. The molecule has 188 valence electrons. The molecule has 0 atom stereocenters. The molecule has 0 spiro atoms. The molecular weight excluding hydrogens is 446 g/mol. The number of unbranched alkanes of at least 4 members (excludes halogenated alkanes) is 1. The van der Waals surface area contributed by atoms with Gasteiger partial charge < -0.3 is 23.7 Å². The fourth-order valence-electron chi connectivity index (χ4n) is 4.03. The summed E-state index contributed by atoms with van der Waals surface area (Å²) in [6, 6.07) is 9.63. The minimum absolute atomic E-state index is 0.419. The van der Waals surface area contributed by atoms with Crippen molar-refractivity contribution in [1.29, 1.82) is 0 Å². The van der Waals surface area contributed by atoms with Gasteiger partial charge in [0.25, 0.3) is 0 Å². The van der Waals surface area contributed by atoms with Gasteiger partial charge in [-0.2, -0.15) is 0 Å². The fraction of sp³-hybridized carbons (Fsp3) is 0.393. The van der Waals surface area contributed by atoms with Gasteiger partial charge in [0.15, 0.2) is 23.0 Å². The molecule has 0 aromatic heterocycles. The standard InChI is InChI=1S/C28H35NO6/c1-9-10-11-12-29(27(30)35-28(2,3)4)22-13-18-14-23(31-5)24(32-6)15-19(18)20-16-25(33-7)26(34-8)17-21(20)22/h9,13-17H,1,10-12H2,2-8H3. The molecule has 1 amide bonds. The van der Waals surface area contributed by atoms with E-state index in [4.69, 9.17) is 23.7 Å². The number of fused-ring (bicyclic) bond motifs is 3. The molecule has 35 heavy (non-hydrogen) atoms. The topological polar surface area (TPSA) is 66.5 Å². The number of nitrogens with zero attached hydrogens (tertiary/aromatic N) is 1. The smallest absolute Gasteiger partial charge is 0.414 e. The number of carbonyl (C=O) groups is 1. The number of anilines is 1. The van der Waals surface area contributed by atoms with Crippen molar-refractivity contribution >= 4 is 33.3 Å². The number of carbonyl (C=O) groups excluding carboxylic acids is 1. The third-order valence-corrected chi connectivity index (χ3v) is 5.63. The summed E-state index contributed by atoms with van der Waals surface area (Å²) in [6.07, 6.45) is 2.93. The molecule has 0 bridgehead atoms. The predicted molar refractivity (Wildman–Crippen MR) is 141 cm³/mol. The minimum Gasteiger partial charge on any atom is -0.493 e. The van der Waals surface area contributed by atoms with Crippen molar-refractivity contribution in [2.24, 2.45) is 0 Å². The minimum atomic E-state index is -0.641. The van der Waals surface area contributed by atoms with Crippen LogP contribution in [0.15, 0.2) is 43.0 Å². The highest BCUT2D eigenvalue weighted by Gasteiger charge is 2.26. The maximum atomic E-state index is 13.4. The van der Waals surface area contributed by atoms with E-state index in [1.165, 1.54) is 0 Å². The molecule has 0 aliphatic heterocycles. The fourth-order valence-corrected chi connectivity index (χ4v) is 4.03. The molecule has 0 saturated heterocycles. The van der Waals surface area contributed by atoms with E-state index < -0.39 is 11.7 Å². The van der Waals surface area contributed by atoms with Gasteiger partial charge in [-0.05, 0) is 80.1 Å². The van der Waals surface area contributed by atoms with Crippen LogP contribution in [0.3, 0.4) is 0 Å². The van der Waals surface area contributed by atoms with Crippen molar-refractivity contribution in [3.63, 3.8) is 0 Å². The van der Waals surface area contributed by atoms with Gasteiger partial charge >= 0.3 is 6.09 Å². The number of amides is 1. The Morgan fingerprint density at radius 1 is 0.829 bits per heavy atom. The average molecular weight is 482 g/mol. The number of allylic oxidation sites excluding steroid dienone is 1. The summed E-state index contributed by atoms with van der Waals surface area (Å²) in [7, 11) is 6.39. The van der Waals surface area contributed by atoms with Gasteiger partial charge in [-0.3, -0.25) is 4.90 Å². The van der Waals surface area contributed by atoms with Gasteiger partial charge in [0.2, 0.25) is 0 Å². The lowest BCUT2D eigenvalue weighted by molar-refractivity contribution is 0.0580. The maximum absolute atomic E-state index is 13.4. The molecule has 3 rings (SSSR count). The lowest BCUT2D eigenvalue weighted by Crippen LogP contribution is -2.37. The van der Waals surface area contributed by atoms with Crippen LogP contribution in [0, 0.1) is 0 Å². The Morgan fingerprint density at radius 2 is 1.34 bits per heavy atom. The highest BCUT2D eigenvalue weighted by molar-refractivity contribution is 6.16. The van der Waals surface area contributed by atoms with E-state index in [9.17, 15) is 4.79 Å². The first-order valence-electron chi connectivity index (χ1n) is 11.5. The van der Waals surface area contributed by atoms with Crippen molar-refractivity contribution in [2.75, 3.05) is 39.9 Å². The first-order chi connectivity index (χ1) is 16.7. The first-order valence-corrected chi connectivity index (χ1v) is 11.5. The van der Waals surface area contributed by atoms with E-state index in [1.807, 2.05) is 57.2 Å². The number of hydrogen-bond donors (Lipinski definition) is 0. The number of ether oxygens (including phenoxy) is 5. The Morgan fingerprint density at radius 3 is 1.86 bits per heavy atom. The van der Waals surface area contributed by atoms with Crippen LogP contribution < -0.4 is 23.8 Å². The lowest BCUT2D eigenvalue weighted by atomic mass is 9.98. The maximum Gasteiger partial charge on any atom is 0.414 e. The zero-order valence-corrected chi connectivity index (χ0v) is 21.7. The van der Waals surface area contributed by atoms with Crippen LogP contribution in [0.1, 0.15) is 33.6 Å². The Balaban J connectivity index is 2.38. The van der Waals surface area contributed by atoms with Gasteiger partial charge in [-0.1, -0.05) is 6.08 Å². The van der Waals surface area contributed by atoms with Crippen LogP contribution >= 0.6 is 0 Å². The summed E-state index contributed by atoms with van der Waals surface area (Å²) in [5, 5.41) is 3.52. The molecule has 7 heteroatoms. The van der Waals surface area contributed by atoms with Gasteiger partial charge in [0, 0.05) is 11.9 Å². The van der Waals surface area contributed by atoms with Crippen LogP contribution in [0.4, 0.5) is 10.5 Å². The van der Waals surface area contributed by atoms with E-state index in [0.717, 1.165) is 34.4 Å². The number of methoxy groups -OCH3 is 4. The number of hydrogen-bond acceptors (Lipinski definition) is 6. The second-order valence-electron chi connectivity index (χ2n) is 9.14. The van der Waals surface area contributed by atoms with Crippen LogP contribution in [0.5, 0.6) is 23.0 Å². The normalized spacial score (nSPS) is 11.3. The zero-order valence-electron chi connectivity index (χ0n) is 21.7. The second-order valence-corrected chi connectivity index (χ2v) is 9.14. The summed E-state index contributed by atoms with van der Waals surface area (Å²) in [4.78, 5) is 15.1. The van der Waals surface area contributed by atoms with Gasteiger partial charge in [0.05, 0.1) is 34.1 Å².